The molecule has 0 saturated carbocycles. The fraction of sp³-hybridized carbons (Fsp3) is 0.208. The molecule has 0 atom stereocenters. The van der Waals surface area contributed by atoms with Gasteiger partial charge in [-0.25, -0.2) is 9.59 Å². The number of aromatic amines is 2. The maximum Gasteiger partial charge on any atom is 0.330 e. The second-order valence-corrected chi connectivity index (χ2v) is 7.97. The number of ether oxygens (including phenoxy) is 1. The third-order valence-electron chi connectivity index (χ3n) is 5.67. The Balaban J connectivity index is 1.78. The van der Waals surface area contributed by atoms with Crippen molar-refractivity contribution in [2.24, 2.45) is 0 Å². The van der Waals surface area contributed by atoms with E-state index in [1.54, 1.807) is 42.5 Å². The molecule has 0 radical (unpaired) electrons. The van der Waals surface area contributed by atoms with Gasteiger partial charge in [0, 0.05) is 13.7 Å². The molecule has 36 heavy (non-hydrogen) atoms. The van der Waals surface area contributed by atoms with Crippen LogP contribution in [0.4, 0.5) is 11.5 Å². The number of nitrogens with one attached hydrogen (secondary N) is 2. The number of para-hydroxylation sites is 1. The van der Waals surface area contributed by atoms with Gasteiger partial charge in [0.25, 0.3) is 11.1 Å². The van der Waals surface area contributed by atoms with Crippen LogP contribution in [0.1, 0.15) is 5.56 Å². The molecule has 0 fully saturated rings. The summed E-state index contributed by atoms with van der Waals surface area (Å²) < 4.78 is 6.95. The van der Waals surface area contributed by atoms with Gasteiger partial charge in [-0.1, -0.05) is 42.5 Å². The number of hydrogen-bond donors (Lipinski definition) is 3. The Kier molecular flexibility index (Phi) is 6.97. The molecule has 2 heterocycles. The zero-order valence-corrected chi connectivity index (χ0v) is 19.4. The largest absolute Gasteiger partial charge is 0.383 e. The highest BCUT2D eigenvalue weighted by Gasteiger charge is 2.25. The highest BCUT2D eigenvalue weighted by molar-refractivity contribution is 5.95. The maximum absolute atomic E-state index is 13.4. The van der Waals surface area contributed by atoms with Crippen molar-refractivity contribution in [1.82, 2.24) is 19.1 Å². The summed E-state index contributed by atoms with van der Waals surface area (Å²) in [5, 5.41) is 0.224. The van der Waals surface area contributed by atoms with Gasteiger partial charge < -0.3 is 20.4 Å². The van der Waals surface area contributed by atoms with Gasteiger partial charge >= 0.3 is 11.4 Å². The van der Waals surface area contributed by atoms with Gasteiger partial charge in [-0.2, -0.15) is 0 Å². The Morgan fingerprint density at radius 1 is 0.944 bits per heavy atom. The predicted octanol–water partition coefficient (Wildman–Crippen LogP) is -0.150. The number of carbonyl (C=O) groups is 1. The molecule has 2 aromatic heterocycles. The first-order valence-corrected chi connectivity index (χ1v) is 11.0. The van der Waals surface area contributed by atoms with Gasteiger partial charge in [0.05, 0.1) is 24.1 Å². The standard InChI is InChI=1S/C24H24N6O6/c1-36-12-11-28(18(31)14-30-22(33)16-9-5-6-10-17(16)26-23(30)34)19-20(25)29(24(35)27-21(19)32)13-15-7-3-2-4-8-15/h2-10H,11-14,25H2,1H3,(H,26,34)(H,27,32,35). The maximum atomic E-state index is 13.4. The number of rotatable bonds is 8. The number of anilines is 2. The number of benzene rings is 2. The van der Waals surface area contributed by atoms with E-state index >= 15 is 0 Å². The average molecular weight is 492 g/mol. The van der Waals surface area contributed by atoms with Crippen molar-refractivity contribution in [2.45, 2.75) is 13.1 Å². The number of nitrogens with zero attached hydrogens (tertiary/aromatic N) is 3. The van der Waals surface area contributed by atoms with Gasteiger partial charge in [-0.05, 0) is 17.7 Å². The number of methoxy groups -OCH3 is 1. The summed E-state index contributed by atoms with van der Waals surface area (Å²) >= 11 is 0. The lowest BCUT2D eigenvalue weighted by molar-refractivity contribution is -0.119. The predicted molar refractivity (Wildman–Crippen MR) is 134 cm³/mol. The minimum atomic E-state index is -0.883. The van der Waals surface area contributed by atoms with Crippen molar-refractivity contribution in [3.63, 3.8) is 0 Å². The van der Waals surface area contributed by atoms with E-state index in [-0.39, 0.29) is 36.6 Å². The van der Waals surface area contributed by atoms with E-state index in [1.807, 2.05) is 6.07 Å². The van der Waals surface area contributed by atoms with Crippen LogP contribution in [-0.4, -0.2) is 45.3 Å². The lowest BCUT2D eigenvalue weighted by Gasteiger charge is -2.24. The molecule has 12 nitrogen and oxygen atoms in total. The van der Waals surface area contributed by atoms with E-state index in [0.717, 1.165) is 19.6 Å². The molecule has 0 aliphatic rings. The third-order valence-corrected chi connectivity index (χ3v) is 5.67. The minimum Gasteiger partial charge on any atom is -0.383 e. The van der Waals surface area contributed by atoms with Crippen LogP contribution in [0.2, 0.25) is 0 Å². The Labute approximate surface area is 203 Å². The molecule has 1 amide bonds. The summed E-state index contributed by atoms with van der Waals surface area (Å²) in [6, 6.07) is 15.4. The summed E-state index contributed by atoms with van der Waals surface area (Å²) in [5.41, 5.74) is 3.97. The number of aromatic nitrogens is 4. The third kappa shape index (κ3) is 4.74. The molecule has 4 N–H and O–H groups in total. The second kappa shape index (κ2) is 10.3. The zero-order valence-electron chi connectivity index (χ0n) is 19.4. The molecule has 0 bridgehead atoms. The summed E-state index contributed by atoms with van der Waals surface area (Å²) in [5.74, 6) is -1.01. The second-order valence-electron chi connectivity index (χ2n) is 7.97. The molecular weight excluding hydrogens is 468 g/mol. The first-order chi connectivity index (χ1) is 17.3. The fourth-order valence-electron chi connectivity index (χ4n) is 3.87. The first-order valence-electron chi connectivity index (χ1n) is 11.0. The molecular formula is C24H24N6O6. The smallest absolute Gasteiger partial charge is 0.330 e. The highest BCUT2D eigenvalue weighted by atomic mass is 16.5. The number of fused-ring (bicyclic) bond motifs is 1. The van der Waals surface area contributed by atoms with Gasteiger partial charge in [-0.15, -0.1) is 0 Å². The Morgan fingerprint density at radius 2 is 1.61 bits per heavy atom. The first kappa shape index (κ1) is 24.4. The normalized spacial score (nSPS) is 11.0. The average Bonchev–Trinajstić information content (AvgIpc) is 2.86. The topological polar surface area (TPSA) is 165 Å². The molecule has 0 aliphatic heterocycles. The van der Waals surface area contributed by atoms with Crippen LogP contribution in [0, 0.1) is 0 Å². The van der Waals surface area contributed by atoms with Crippen LogP contribution >= 0.6 is 0 Å². The van der Waals surface area contributed by atoms with Crippen molar-refractivity contribution in [3.8, 4) is 0 Å². The van der Waals surface area contributed by atoms with Gasteiger partial charge in [0.15, 0.2) is 5.69 Å². The van der Waals surface area contributed by atoms with E-state index in [9.17, 15) is 24.0 Å². The Hall–Kier alpha value is -4.71. The summed E-state index contributed by atoms with van der Waals surface area (Å²) in [7, 11) is 1.41. The zero-order chi connectivity index (χ0) is 25.8. The molecule has 0 aliphatic carbocycles. The van der Waals surface area contributed by atoms with Crippen LogP contribution in [0.25, 0.3) is 10.9 Å². The van der Waals surface area contributed by atoms with E-state index in [4.69, 9.17) is 10.5 Å². The van der Waals surface area contributed by atoms with E-state index < -0.39 is 34.9 Å². The number of H-pyrrole nitrogens is 2. The van der Waals surface area contributed by atoms with Gasteiger partial charge in [-0.3, -0.25) is 28.5 Å². The molecule has 4 aromatic rings. The molecule has 0 saturated heterocycles. The quantitative estimate of drug-likeness (QED) is 0.308. The summed E-state index contributed by atoms with van der Waals surface area (Å²) in [6.07, 6.45) is 0. The van der Waals surface area contributed by atoms with Crippen molar-refractivity contribution in [1.29, 1.82) is 0 Å². The van der Waals surface area contributed by atoms with Crippen molar-refractivity contribution in [2.75, 3.05) is 30.9 Å². The van der Waals surface area contributed by atoms with E-state index in [2.05, 4.69) is 9.97 Å². The SMILES string of the molecule is COCCN(C(=O)Cn1c(=O)[nH]c2ccccc2c1=O)c1c(N)n(Cc2ccccc2)c(=O)[nH]c1=O. The van der Waals surface area contributed by atoms with Crippen LogP contribution in [0.3, 0.4) is 0 Å². The Morgan fingerprint density at radius 3 is 2.33 bits per heavy atom. The number of amides is 1. The van der Waals surface area contributed by atoms with E-state index in [0.29, 0.717) is 5.52 Å². The fourth-order valence-corrected chi connectivity index (χ4v) is 3.87. The molecule has 12 heteroatoms. The summed E-state index contributed by atoms with van der Waals surface area (Å²) in [6.45, 7) is -0.720. The number of carbonyl (C=O) groups excluding carboxylic acids is 1. The van der Waals surface area contributed by atoms with Crippen molar-refractivity contribution < 1.29 is 9.53 Å². The minimum absolute atomic E-state index is 0.0193. The molecule has 2 aromatic carbocycles. The monoisotopic (exact) mass is 492 g/mol. The molecule has 4 rings (SSSR count). The molecule has 0 spiro atoms. The number of nitrogen functional groups attached to an aromatic ring is 1. The number of hydrogen-bond acceptors (Lipinski definition) is 7. The van der Waals surface area contributed by atoms with E-state index in [1.165, 1.54) is 13.2 Å². The molecule has 0 unspecified atom stereocenters. The van der Waals surface area contributed by atoms with Crippen molar-refractivity contribution in [3.05, 3.63) is 102 Å². The van der Waals surface area contributed by atoms with Crippen LogP contribution in [0.5, 0.6) is 0 Å². The van der Waals surface area contributed by atoms with Gasteiger partial charge in [0.1, 0.15) is 12.4 Å². The number of nitrogens with two attached hydrogens (primary N) is 1. The van der Waals surface area contributed by atoms with Gasteiger partial charge in [0.2, 0.25) is 5.91 Å². The van der Waals surface area contributed by atoms with Crippen LogP contribution in [-0.2, 0) is 22.6 Å². The lowest BCUT2D eigenvalue weighted by Crippen LogP contribution is -2.46. The molecule has 186 valence electrons. The summed E-state index contributed by atoms with van der Waals surface area (Å²) in [4.78, 5) is 70.0. The van der Waals surface area contributed by atoms with Crippen LogP contribution < -0.4 is 33.1 Å². The Bertz CT molecular complexity index is 1650. The highest BCUT2D eigenvalue weighted by Crippen LogP contribution is 2.18. The van der Waals surface area contributed by atoms with Crippen molar-refractivity contribution >= 4 is 28.3 Å². The lowest BCUT2D eigenvalue weighted by atomic mass is 10.2. The van der Waals surface area contributed by atoms with Crippen LogP contribution in [0.15, 0.2) is 73.8 Å².